The maximum Gasteiger partial charge on any atom is 0.271 e. The van der Waals surface area contributed by atoms with Gasteiger partial charge in [-0.2, -0.15) is 5.10 Å². The third-order valence-electron chi connectivity index (χ3n) is 4.88. The zero-order valence-corrected chi connectivity index (χ0v) is 13.4. The Bertz CT molecular complexity index is 544. The average molecular weight is 293 g/mol. The molecule has 0 bridgehead atoms. The second-order valence-corrected chi connectivity index (χ2v) is 7.01. The van der Waals surface area contributed by atoms with Crippen LogP contribution in [-0.4, -0.2) is 11.6 Å². The van der Waals surface area contributed by atoms with Crippen LogP contribution >= 0.6 is 11.6 Å². The van der Waals surface area contributed by atoms with Crippen LogP contribution in [-0.2, 0) is 0 Å². The van der Waals surface area contributed by atoms with E-state index in [0.29, 0.717) is 16.5 Å². The van der Waals surface area contributed by atoms with Crippen LogP contribution < -0.4 is 5.43 Å². The molecule has 1 amide bonds. The van der Waals surface area contributed by atoms with Crippen molar-refractivity contribution in [1.82, 2.24) is 5.43 Å². The van der Waals surface area contributed by atoms with Gasteiger partial charge in [-0.3, -0.25) is 4.79 Å². The summed E-state index contributed by atoms with van der Waals surface area (Å²) in [4.78, 5) is 12.0. The first-order chi connectivity index (χ1) is 9.18. The molecule has 0 atom stereocenters. The van der Waals surface area contributed by atoms with Gasteiger partial charge in [-0.1, -0.05) is 39.3 Å². The van der Waals surface area contributed by atoms with Gasteiger partial charge < -0.3 is 0 Å². The van der Waals surface area contributed by atoms with Gasteiger partial charge in [-0.15, -0.1) is 0 Å². The van der Waals surface area contributed by atoms with E-state index in [4.69, 9.17) is 11.6 Å². The van der Waals surface area contributed by atoms with Gasteiger partial charge in [-0.05, 0) is 42.0 Å². The Balaban J connectivity index is 2.03. The van der Waals surface area contributed by atoms with E-state index in [-0.39, 0.29) is 16.7 Å². The first-order valence-electron chi connectivity index (χ1n) is 6.78. The van der Waals surface area contributed by atoms with Crippen molar-refractivity contribution in [2.24, 2.45) is 21.8 Å². The molecule has 0 saturated heterocycles. The van der Waals surface area contributed by atoms with E-state index in [2.05, 4.69) is 38.2 Å². The van der Waals surface area contributed by atoms with Gasteiger partial charge in [0, 0.05) is 22.2 Å². The zero-order valence-electron chi connectivity index (χ0n) is 12.6. The molecule has 1 aromatic rings. The monoisotopic (exact) mass is 292 g/mol. The minimum atomic E-state index is -0.211. The van der Waals surface area contributed by atoms with Gasteiger partial charge in [-0.25, -0.2) is 5.43 Å². The molecule has 2 rings (SSSR count). The lowest BCUT2D eigenvalue weighted by atomic mass is 10.0. The minimum Gasteiger partial charge on any atom is -0.267 e. The first kappa shape index (κ1) is 15.0. The summed E-state index contributed by atoms with van der Waals surface area (Å²) >= 11 is 5.80. The molecule has 3 nitrogen and oxygen atoms in total. The maximum atomic E-state index is 12.0. The number of hydrazone groups is 1. The number of carbonyl (C=O) groups is 1. The maximum absolute atomic E-state index is 12.0. The quantitative estimate of drug-likeness (QED) is 0.660. The molecule has 0 aliphatic heterocycles. The molecule has 0 spiro atoms. The number of benzene rings is 1. The number of amides is 1. The van der Waals surface area contributed by atoms with Crippen molar-refractivity contribution in [3.63, 3.8) is 0 Å². The highest BCUT2D eigenvalue weighted by Gasteiger charge is 2.65. The summed E-state index contributed by atoms with van der Waals surface area (Å²) in [6, 6.07) is 6.77. The zero-order chi connectivity index (χ0) is 15.1. The van der Waals surface area contributed by atoms with Crippen molar-refractivity contribution in [3.05, 3.63) is 34.9 Å². The van der Waals surface area contributed by atoms with Crippen molar-refractivity contribution >= 4 is 23.2 Å². The SMILES string of the molecule is C/C(=N\NC(=O)c1ccc(Cl)cc1)C1C(C)(C)C1(C)C. The highest BCUT2D eigenvalue weighted by Crippen LogP contribution is 2.68. The van der Waals surface area contributed by atoms with Crippen molar-refractivity contribution < 1.29 is 4.79 Å². The van der Waals surface area contributed by atoms with Gasteiger partial charge in [0.25, 0.3) is 5.91 Å². The Morgan fingerprint density at radius 1 is 1.15 bits per heavy atom. The highest BCUT2D eigenvalue weighted by molar-refractivity contribution is 6.30. The van der Waals surface area contributed by atoms with Crippen molar-refractivity contribution in [3.8, 4) is 0 Å². The average Bonchev–Trinajstić information content (AvgIpc) is 2.77. The third-order valence-corrected chi connectivity index (χ3v) is 5.13. The van der Waals surface area contributed by atoms with E-state index < -0.39 is 0 Å². The van der Waals surface area contributed by atoms with E-state index in [1.54, 1.807) is 24.3 Å². The largest absolute Gasteiger partial charge is 0.271 e. The van der Waals surface area contributed by atoms with E-state index >= 15 is 0 Å². The Labute approximate surface area is 125 Å². The molecule has 0 unspecified atom stereocenters. The number of carbonyl (C=O) groups excluding carboxylic acids is 1. The standard InChI is InChI=1S/C16H21ClN2O/c1-10(13-15(2,3)16(13,4)5)18-19-14(20)11-6-8-12(17)9-7-11/h6-9,13H,1-5H3,(H,19,20)/b18-10+. The van der Waals surface area contributed by atoms with E-state index in [1.165, 1.54) is 0 Å². The summed E-state index contributed by atoms with van der Waals surface area (Å²) in [7, 11) is 0. The molecule has 1 N–H and O–H groups in total. The molecule has 20 heavy (non-hydrogen) atoms. The minimum absolute atomic E-state index is 0.211. The number of rotatable bonds is 3. The van der Waals surface area contributed by atoms with Crippen LogP contribution in [0.4, 0.5) is 0 Å². The summed E-state index contributed by atoms with van der Waals surface area (Å²) in [5.41, 5.74) is 4.61. The van der Waals surface area contributed by atoms with Crippen LogP contribution in [0.2, 0.25) is 5.02 Å². The van der Waals surface area contributed by atoms with Gasteiger partial charge in [0.2, 0.25) is 0 Å². The Morgan fingerprint density at radius 3 is 2.10 bits per heavy atom. The van der Waals surface area contributed by atoms with Crippen molar-refractivity contribution in [2.45, 2.75) is 34.6 Å². The Hall–Kier alpha value is -1.35. The lowest BCUT2D eigenvalue weighted by Gasteiger charge is -2.04. The van der Waals surface area contributed by atoms with Crippen molar-refractivity contribution in [1.29, 1.82) is 0 Å². The number of halogens is 1. The fraction of sp³-hybridized carbons (Fsp3) is 0.500. The summed E-state index contributed by atoms with van der Waals surface area (Å²) in [6.45, 7) is 10.9. The summed E-state index contributed by atoms with van der Waals surface area (Å²) in [6.07, 6.45) is 0. The first-order valence-corrected chi connectivity index (χ1v) is 7.16. The van der Waals surface area contributed by atoms with Crippen LogP contribution in [0.5, 0.6) is 0 Å². The molecule has 0 heterocycles. The molecule has 1 saturated carbocycles. The molecule has 0 aromatic heterocycles. The molecule has 0 radical (unpaired) electrons. The molecule has 4 heteroatoms. The summed E-state index contributed by atoms with van der Waals surface area (Å²) < 4.78 is 0. The van der Waals surface area contributed by atoms with Gasteiger partial charge in [0.15, 0.2) is 0 Å². The molecule has 1 aromatic carbocycles. The fourth-order valence-corrected chi connectivity index (χ4v) is 3.24. The van der Waals surface area contributed by atoms with Crippen molar-refractivity contribution in [2.75, 3.05) is 0 Å². The van der Waals surface area contributed by atoms with E-state index in [0.717, 1.165) is 5.71 Å². The fourth-order valence-electron chi connectivity index (χ4n) is 3.11. The second-order valence-electron chi connectivity index (χ2n) is 6.58. The normalized spacial score (nSPS) is 20.6. The smallest absolute Gasteiger partial charge is 0.267 e. The van der Waals surface area contributed by atoms with E-state index in [1.807, 2.05) is 6.92 Å². The summed E-state index contributed by atoms with van der Waals surface area (Å²) in [5.74, 6) is 0.192. The lowest BCUT2D eigenvalue weighted by Crippen LogP contribution is -2.20. The van der Waals surface area contributed by atoms with Gasteiger partial charge in [0.05, 0.1) is 0 Å². The molecule has 1 aliphatic carbocycles. The predicted octanol–water partition coefficient (Wildman–Crippen LogP) is 4.13. The van der Waals surface area contributed by atoms with E-state index in [9.17, 15) is 4.79 Å². The molecular formula is C16H21ClN2O. The van der Waals surface area contributed by atoms with Crippen LogP contribution in [0, 0.1) is 16.7 Å². The third kappa shape index (κ3) is 2.47. The van der Waals surface area contributed by atoms with Crippen LogP contribution in [0.15, 0.2) is 29.4 Å². The Morgan fingerprint density at radius 2 is 1.65 bits per heavy atom. The topological polar surface area (TPSA) is 41.5 Å². The molecule has 1 aliphatic rings. The highest BCUT2D eigenvalue weighted by atomic mass is 35.5. The van der Waals surface area contributed by atoms with Crippen LogP contribution in [0.25, 0.3) is 0 Å². The predicted molar refractivity (Wildman–Crippen MR) is 83.1 cm³/mol. The summed E-state index contributed by atoms with van der Waals surface area (Å²) in [5, 5.41) is 4.87. The lowest BCUT2D eigenvalue weighted by molar-refractivity contribution is 0.0954. The molecule has 1 fully saturated rings. The van der Waals surface area contributed by atoms with Crippen LogP contribution in [0.1, 0.15) is 45.0 Å². The van der Waals surface area contributed by atoms with Gasteiger partial charge in [0.1, 0.15) is 0 Å². The second kappa shape index (κ2) is 4.88. The van der Waals surface area contributed by atoms with Gasteiger partial charge >= 0.3 is 0 Å². The number of nitrogens with zero attached hydrogens (tertiary/aromatic N) is 1. The Kier molecular flexibility index (Phi) is 3.67. The number of hydrogen-bond acceptors (Lipinski definition) is 2. The number of nitrogens with one attached hydrogen (secondary N) is 1. The van der Waals surface area contributed by atoms with Crippen LogP contribution in [0.3, 0.4) is 0 Å². The molecule has 108 valence electrons. The number of hydrogen-bond donors (Lipinski definition) is 1. The molecular weight excluding hydrogens is 272 g/mol.